The highest BCUT2D eigenvalue weighted by atomic mass is 15.0. The van der Waals surface area contributed by atoms with E-state index in [2.05, 4.69) is 203 Å². The summed E-state index contributed by atoms with van der Waals surface area (Å²) in [4.78, 5) is 10.6. The zero-order valence-corrected chi connectivity index (χ0v) is 30.3. The van der Waals surface area contributed by atoms with Gasteiger partial charge < -0.3 is 9.13 Å². The summed E-state index contributed by atoms with van der Waals surface area (Å²) in [5, 5.41) is 10.9. The van der Waals surface area contributed by atoms with E-state index in [1.54, 1.807) is 0 Å². The van der Waals surface area contributed by atoms with Crippen LogP contribution in [0.25, 0.3) is 110 Å². The molecule has 4 heteroatoms. The lowest BCUT2D eigenvalue weighted by Crippen LogP contribution is -1.98. The molecule has 0 aliphatic rings. The summed E-state index contributed by atoms with van der Waals surface area (Å²) >= 11 is 0. The van der Waals surface area contributed by atoms with Gasteiger partial charge in [0.2, 0.25) is 0 Å². The second-order valence-corrected chi connectivity index (χ2v) is 14.6. The summed E-state index contributed by atoms with van der Waals surface area (Å²) in [5.41, 5.74) is 10.7. The van der Waals surface area contributed by atoms with Gasteiger partial charge in [-0.15, -0.1) is 0 Å². The fourth-order valence-corrected chi connectivity index (χ4v) is 8.93. The van der Waals surface area contributed by atoms with Crippen molar-refractivity contribution in [3.05, 3.63) is 194 Å². The van der Waals surface area contributed by atoms with Gasteiger partial charge in [-0.2, -0.15) is 0 Å². The van der Waals surface area contributed by atoms with Gasteiger partial charge in [-0.25, -0.2) is 9.97 Å². The molecule has 0 bridgehead atoms. The van der Waals surface area contributed by atoms with Crippen molar-refractivity contribution in [3.63, 3.8) is 0 Å². The molecule has 12 rings (SSSR count). The van der Waals surface area contributed by atoms with Crippen molar-refractivity contribution >= 4 is 76.1 Å². The SMILES string of the molecule is c1ccc(-n2c3cc(-c4nc(-c5cccc(-n6c7ccccc7c7cc8ccccc8cc76)c5)nc5ccccc45)ccc3c3c4ccccc4ccc32)cc1. The van der Waals surface area contributed by atoms with Gasteiger partial charge in [0.05, 0.1) is 33.3 Å². The molecule has 0 aliphatic heterocycles. The van der Waals surface area contributed by atoms with Gasteiger partial charge in [-0.05, 0) is 82.2 Å². The maximum atomic E-state index is 5.41. The first-order valence-electron chi connectivity index (χ1n) is 19.1. The fourth-order valence-electron chi connectivity index (χ4n) is 8.93. The lowest BCUT2D eigenvalue weighted by Gasteiger charge is -2.13. The molecule has 0 saturated heterocycles. The molecule has 260 valence electrons. The van der Waals surface area contributed by atoms with Gasteiger partial charge in [-0.3, -0.25) is 0 Å². The molecule has 0 fully saturated rings. The molecular weight excluding hydrogens is 681 g/mol. The van der Waals surface area contributed by atoms with Crippen LogP contribution in [0.5, 0.6) is 0 Å². The van der Waals surface area contributed by atoms with Gasteiger partial charge >= 0.3 is 0 Å². The van der Waals surface area contributed by atoms with Crippen LogP contribution in [0.2, 0.25) is 0 Å². The van der Waals surface area contributed by atoms with Crippen molar-refractivity contribution in [1.29, 1.82) is 0 Å². The molecule has 0 atom stereocenters. The first-order chi connectivity index (χ1) is 27.8. The van der Waals surface area contributed by atoms with Gasteiger partial charge in [-0.1, -0.05) is 133 Å². The van der Waals surface area contributed by atoms with Crippen molar-refractivity contribution in [3.8, 4) is 34.0 Å². The minimum Gasteiger partial charge on any atom is -0.309 e. The Bertz CT molecular complexity index is 3540. The second kappa shape index (κ2) is 12.0. The summed E-state index contributed by atoms with van der Waals surface area (Å²) in [5.74, 6) is 0.696. The van der Waals surface area contributed by atoms with Gasteiger partial charge in [0.15, 0.2) is 5.82 Å². The molecule has 0 spiro atoms. The van der Waals surface area contributed by atoms with Crippen LogP contribution in [0.15, 0.2) is 194 Å². The number of nitrogens with zero attached hydrogens (tertiary/aromatic N) is 4. The average molecular weight is 713 g/mol. The molecule has 4 nitrogen and oxygen atoms in total. The van der Waals surface area contributed by atoms with Gasteiger partial charge in [0, 0.05) is 49.4 Å². The average Bonchev–Trinajstić information content (AvgIpc) is 3.77. The number of rotatable bonds is 4. The number of hydrogen-bond donors (Lipinski definition) is 0. The largest absolute Gasteiger partial charge is 0.309 e. The van der Waals surface area contributed by atoms with E-state index in [0.717, 1.165) is 44.6 Å². The van der Waals surface area contributed by atoms with E-state index in [4.69, 9.17) is 9.97 Å². The van der Waals surface area contributed by atoms with E-state index in [-0.39, 0.29) is 0 Å². The highest BCUT2D eigenvalue weighted by Crippen LogP contribution is 2.40. The molecule has 0 aliphatic carbocycles. The van der Waals surface area contributed by atoms with E-state index < -0.39 is 0 Å². The van der Waals surface area contributed by atoms with Crippen LogP contribution in [0.3, 0.4) is 0 Å². The minimum absolute atomic E-state index is 0.696. The van der Waals surface area contributed by atoms with E-state index >= 15 is 0 Å². The monoisotopic (exact) mass is 712 g/mol. The van der Waals surface area contributed by atoms with Crippen LogP contribution >= 0.6 is 0 Å². The molecule has 3 aromatic heterocycles. The molecule has 3 heterocycles. The first-order valence-corrected chi connectivity index (χ1v) is 19.1. The topological polar surface area (TPSA) is 35.6 Å². The maximum absolute atomic E-state index is 5.41. The molecule has 0 saturated carbocycles. The molecule has 0 N–H and O–H groups in total. The molecular formula is C52H32N4. The van der Waals surface area contributed by atoms with Crippen LogP contribution in [-0.2, 0) is 0 Å². The van der Waals surface area contributed by atoms with Crippen LogP contribution in [0.1, 0.15) is 0 Å². The molecule has 0 radical (unpaired) electrons. The Balaban J connectivity index is 1.08. The van der Waals surface area contributed by atoms with Crippen molar-refractivity contribution < 1.29 is 0 Å². The number of aromatic nitrogens is 4. The third kappa shape index (κ3) is 4.60. The Kier molecular flexibility index (Phi) is 6.60. The Morgan fingerprint density at radius 2 is 1.00 bits per heavy atom. The summed E-state index contributed by atoms with van der Waals surface area (Å²) in [6.07, 6.45) is 0. The second-order valence-electron chi connectivity index (χ2n) is 14.6. The van der Waals surface area contributed by atoms with Crippen LogP contribution in [0.4, 0.5) is 0 Å². The smallest absolute Gasteiger partial charge is 0.160 e. The predicted octanol–water partition coefficient (Wildman–Crippen LogP) is 13.5. The summed E-state index contributed by atoms with van der Waals surface area (Å²) in [6, 6.07) is 69.6. The highest BCUT2D eigenvalue weighted by Gasteiger charge is 2.19. The molecule has 9 aromatic carbocycles. The van der Waals surface area contributed by atoms with E-state index in [1.165, 1.54) is 59.6 Å². The Morgan fingerprint density at radius 1 is 0.321 bits per heavy atom. The molecule has 0 amide bonds. The highest BCUT2D eigenvalue weighted by molar-refractivity contribution is 6.22. The maximum Gasteiger partial charge on any atom is 0.160 e. The predicted molar refractivity (Wildman–Crippen MR) is 234 cm³/mol. The zero-order chi connectivity index (χ0) is 36.7. The Labute approximate surface area is 322 Å². The zero-order valence-electron chi connectivity index (χ0n) is 30.3. The summed E-state index contributed by atoms with van der Waals surface area (Å²) in [7, 11) is 0. The number of para-hydroxylation sites is 3. The lowest BCUT2D eigenvalue weighted by atomic mass is 10.0. The van der Waals surface area contributed by atoms with Gasteiger partial charge in [0.1, 0.15) is 0 Å². The number of fused-ring (bicyclic) bond motifs is 10. The van der Waals surface area contributed by atoms with Crippen LogP contribution in [0, 0.1) is 0 Å². The van der Waals surface area contributed by atoms with Crippen LogP contribution < -0.4 is 0 Å². The Hall–Kier alpha value is -7.56. The van der Waals surface area contributed by atoms with Crippen molar-refractivity contribution in [2.75, 3.05) is 0 Å². The molecule has 56 heavy (non-hydrogen) atoms. The normalized spacial score (nSPS) is 11.9. The number of hydrogen-bond acceptors (Lipinski definition) is 2. The van der Waals surface area contributed by atoms with Gasteiger partial charge in [0.25, 0.3) is 0 Å². The molecule has 0 unspecified atom stereocenters. The fraction of sp³-hybridized carbons (Fsp3) is 0. The summed E-state index contributed by atoms with van der Waals surface area (Å²) in [6.45, 7) is 0. The lowest BCUT2D eigenvalue weighted by molar-refractivity contribution is 1.17. The van der Waals surface area contributed by atoms with E-state index in [9.17, 15) is 0 Å². The molecule has 12 aromatic rings. The van der Waals surface area contributed by atoms with Crippen LogP contribution in [-0.4, -0.2) is 19.1 Å². The van der Waals surface area contributed by atoms with Crippen molar-refractivity contribution in [2.24, 2.45) is 0 Å². The quantitative estimate of drug-likeness (QED) is 0.182. The van der Waals surface area contributed by atoms with Crippen molar-refractivity contribution in [1.82, 2.24) is 19.1 Å². The Morgan fingerprint density at radius 3 is 1.88 bits per heavy atom. The van der Waals surface area contributed by atoms with Crippen molar-refractivity contribution in [2.45, 2.75) is 0 Å². The van der Waals surface area contributed by atoms with E-state index in [1.807, 2.05) is 0 Å². The minimum atomic E-state index is 0.696. The van der Waals surface area contributed by atoms with E-state index in [0.29, 0.717) is 5.82 Å². The standard InChI is InChI=1S/C52H32N4/c1-2-17-38(18-3-1)55-47-28-26-33-13-6-7-20-40(33)50(47)43-27-25-36(32-48(43)55)51-42-22-8-10-23-45(42)53-52(54-51)37-16-12-19-39(29-37)56-46-24-11-9-21-41(46)44-30-34-14-4-5-15-35(34)31-49(44)56/h1-32H. The first kappa shape index (κ1) is 30.9. The third-order valence-corrected chi connectivity index (χ3v) is 11.4. The number of benzene rings is 9. The third-order valence-electron chi connectivity index (χ3n) is 11.4. The summed E-state index contributed by atoms with van der Waals surface area (Å²) < 4.78 is 4.77.